The number of rotatable bonds is 4. The number of piperidine rings is 1. The average molecular weight is 346 g/mol. The van der Waals surface area contributed by atoms with Crippen LogP contribution in [0.4, 0.5) is 4.39 Å². The predicted molar refractivity (Wildman–Crippen MR) is 91.8 cm³/mol. The van der Waals surface area contributed by atoms with E-state index in [0.717, 1.165) is 24.1 Å². The first-order chi connectivity index (χ1) is 11.6. The quantitative estimate of drug-likeness (QED) is 0.865. The van der Waals surface area contributed by atoms with Gasteiger partial charge >= 0.3 is 0 Å². The van der Waals surface area contributed by atoms with Crippen LogP contribution >= 0.6 is 11.3 Å². The molecular formula is C18H19FN2O2S. The van der Waals surface area contributed by atoms with Crippen molar-refractivity contribution in [3.05, 3.63) is 58.3 Å². The standard InChI is InChI=1S/C18H19FN2O2S/c19-15-3-1-13(2-4-15)18(23)14-7-9-21(10-8-14)17(22)6-5-16-11-24-12-20-16/h1-6,11-12,14,18,23H,7-10H2/b6-5+/t18-/m1/s1. The van der Waals surface area contributed by atoms with Gasteiger partial charge in [0, 0.05) is 24.5 Å². The lowest BCUT2D eigenvalue weighted by molar-refractivity contribution is -0.127. The van der Waals surface area contributed by atoms with E-state index in [-0.39, 0.29) is 17.6 Å². The molecule has 1 amide bonds. The third kappa shape index (κ3) is 4.07. The smallest absolute Gasteiger partial charge is 0.246 e. The van der Waals surface area contributed by atoms with E-state index in [0.29, 0.717) is 13.1 Å². The number of nitrogens with zero attached hydrogens (tertiary/aromatic N) is 2. The highest BCUT2D eigenvalue weighted by atomic mass is 32.1. The summed E-state index contributed by atoms with van der Waals surface area (Å²) in [6, 6.07) is 5.96. The van der Waals surface area contributed by atoms with Crippen molar-refractivity contribution in [2.45, 2.75) is 18.9 Å². The van der Waals surface area contributed by atoms with E-state index in [2.05, 4.69) is 4.98 Å². The van der Waals surface area contributed by atoms with Crippen LogP contribution in [0.3, 0.4) is 0 Å². The number of aliphatic hydroxyl groups excluding tert-OH is 1. The molecule has 3 rings (SSSR count). The van der Waals surface area contributed by atoms with Crippen LogP contribution in [0, 0.1) is 11.7 Å². The number of likely N-dealkylation sites (tertiary alicyclic amines) is 1. The number of aliphatic hydroxyl groups is 1. The molecule has 1 aliphatic rings. The molecule has 1 aromatic carbocycles. The van der Waals surface area contributed by atoms with Crippen molar-refractivity contribution in [1.82, 2.24) is 9.88 Å². The number of aromatic nitrogens is 1. The lowest BCUT2D eigenvalue weighted by atomic mass is 9.87. The van der Waals surface area contributed by atoms with Crippen molar-refractivity contribution in [3.63, 3.8) is 0 Å². The molecule has 0 radical (unpaired) electrons. The molecule has 0 bridgehead atoms. The summed E-state index contributed by atoms with van der Waals surface area (Å²) in [6.45, 7) is 1.23. The number of carbonyl (C=O) groups is 1. The average Bonchev–Trinajstić information content (AvgIpc) is 3.13. The molecule has 126 valence electrons. The lowest BCUT2D eigenvalue weighted by Gasteiger charge is -2.33. The van der Waals surface area contributed by atoms with Gasteiger partial charge in [0.1, 0.15) is 5.82 Å². The summed E-state index contributed by atoms with van der Waals surface area (Å²) in [5, 5.41) is 12.3. The molecular weight excluding hydrogens is 327 g/mol. The van der Waals surface area contributed by atoms with E-state index < -0.39 is 6.10 Å². The Hall–Kier alpha value is -2.05. The normalized spacial score (nSPS) is 17.3. The summed E-state index contributed by atoms with van der Waals surface area (Å²) in [5.74, 6) is -0.252. The molecule has 6 heteroatoms. The molecule has 1 N–H and O–H groups in total. The number of hydrogen-bond acceptors (Lipinski definition) is 4. The van der Waals surface area contributed by atoms with E-state index in [4.69, 9.17) is 0 Å². The second-order valence-corrected chi connectivity index (χ2v) is 6.62. The molecule has 2 heterocycles. The maximum atomic E-state index is 13.0. The zero-order valence-corrected chi connectivity index (χ0v) is 14.0. The Labute approximate surface area is 144 Å². The van der Waals surface area contributed by atoms with E-state index in [1.54, 1.807) is 34.7 Å². The Balaban J connectivity index is 1.53. The van der Waals surface area contributed by atoms with Crippen LogP contribution in [-0.4, -0.2) is 34.0 Å². The predicted octanol–water partition coefficient (Wildman–Crippen LogP) is 3.27. The van der Waals surface area contributed by atoms with Crippen LogP contribution in [0.25, 0.3) is 6.08 Å². The van der Waals surface area contributed by atoms with E-state index in [1.165, 1.54) is 23.5 Å². The summed E-state index contributed by atoms with van der Waals surface area (Å²) >= 11 is 1.49. The molecule has 0 aliphatic carbocycles. The van der Waals surface area contributed by atoms with Crippen LogP contribution in [0.5, 0.6) is 0 Å². The summed E-state index contributed by atoms with van der Waals surface area (Å²) in [5.41, 5.74) is 3.24. The molecule has 0 spiro atoms. The van der Waals surface area contributed by atoms with Gasteiger partial charge in [-0.1, -0.05) is 12.1 Å². The minimum Gasteiger partial charge on any atom is -0.388 e. The second-order valence-electron chi connectivity index (χ2n) is 5.91. The molecule has 1 fully saturated rings. The number of thiazole rings is 1. The Bertz CT molecular complexity index is 692. The third-order valence-corrected chi connectivity index (χ3v) is 4.96. The number of carbonyl (C=O) groups excluding carboxylic acids is 1. The van der Waals surface area contributed by atoms with Gasteiger partial charge in [-0.05, 0) is 42.5 Å². The molecule has 1 aliphatic heterocycles. The zero-order chi connectivity index (χ0) is 16.9. The van der Waals surface area contributed by atoms with Gasteiger partial charge in [0.25, 0.3) is 0 Å². The fourth-order valence-corrected chi connectivity index (χ4v) is 3.46. The van der Waals surface area contributed by atoms with Gasteiger partial charge in [0.15, 0.2) is 0 Å². The molecule has 2 aromatic rings. The monoisotopic (exact) mass is 346 g/mol. The van der Waals surface area contributed by atoms with Crippen molar-refractivity contribution in [2.75, 3.05) is 13.1 Å². The molecule has 1 atom stereocenters. The van der Waals surface area contributed by atoms with Crippen molar-refractivity contribution in [1.29, 1.82) is 0 Å². The van der Waals surface area contributed by atoms with Crippen molar-refractivity contribution < 1.29 is 14.3 Å². The first-order valence-corrected chi connectivity index (χ1v) is 8.86. The number of hydrogen-bond donors (Lipinski definition) is 1. The van der Waals surface area contributed by atoms with E-state index in [9.17, 15) is 14.3 Å². The van der Waals surface area contributed by atoms with Gasteiger partial charge in [-0.2, -0.15) is 0 Å². The molecule has 1 aromatic heterocycles. The van der Waals surface area contributed by atoms with Gasteiger partial charge in [-0.3, -0.25) is 4.79 Å². The molecule has 0 saturated carbocycles. The Morgan fingerprint density at radius 1 is 1.33 bits per heavy atom. The van der Waals surface area contributed by atoms with Crippen molar-refractivity contribution in [3.8, 4) is 0 Å². The van der Waals surface area contributed by atoms with Gasteiger partial charge in [-0.25, -0.2) is 9.37 Å². The first-order valence-electron chi connectivity index (χ1n) is 7.92. The SMILES string of the molecule is O=C(/C=C/c1cscn1)N1CCC([C@H](O)c2ccc(F)cc2)CC1. The van der Waals surface area contributed by atoms with Crippen LogP contribution < -0.4 is 0 Å². The summed E-state index contributed by atoms with van der Waals surface area (Å²) in [7, 11) is 0. The molecule has 1 saturated heterocycles. The van der Waals surface area contributed by atoms with Crippen LogP contribution in [-0.2, 0) is 4.79 Å². The third-order valence-electron chi connectivity index (χ3n) is 4.36. The minimum absolute atomic E-state index is 0.0299. The summed E-state index contributed by atoms with van der Waals surface area (Å²) in [4.78, 5) is 18.1. The minimum atomic E-state index is -0.617. The highest BCUT2D eigenvalue weighted by Crippen LogP contribution is 2.30. The van der Waals surface area contributed by atoms with Crippen LogP contribution in [0.2, 0.25) is 0 Å². The van der Waals surface area contributed by atoms with Crippen molar-refractivity contribution in [2.24, 2.45) is 5.92 Å². The molecule has 0 unspecified atom stereocenters. The molecule has 24 heavy (non-hydrogen) atoms. The largest absolute Gasteiger partial charge is 0.388 e. The van der Waals surface area contributed by atoms with Gasteiger partial charge in [-0.15, -0.1) is 11.3 Å². The highest BCUT2D eigenvalue weighted by molar-refractivity contribution is 7.07. The number of amides is 1. The Morgan fingerprint density at radius 3 is 2.67 bits per heavy atom. The van der Waals surface area contributed by atoms with E-state index in [1.807, 2.05) is 5.38 Å². The lowest BCUT2D eigenvalue weighted by Crippen LogP contribution is -2.38. The first kappa shape index (κ1) is 16.8. The summed E-state index contributed by atoms with van der Waals surface area (Å²) in [6.07, 6.45) is 4.11. The van der Waals surface area contributed by atoms with Gasteiger partial charge < -0.3 is 10.0 Å². The van der Waals surface area contributed by atoms with Gasteiger partial charge in [0.05, 0.1) is 17.3 Å². The number of halogens is 1. The van der Waals surface area contributed by atoms with Crippen LogP contribution in [0.15, 0.2) is 41.2 Å². The Kier molecular flexibility index (Phi) is 5.37. The zero-order valence-electron chi connectivity index (χ0n) is 13.1. The summed E-state index contributed by atoms with van der Waals surface area (Å²) < 4.78 is 13.0. The van der Waals surface area contributed by atoms with E-state index >= 15 is 0 Å². The van der Waals surface area contributed by atoms with Crippen LogP contribution in [0.1, 0.15) is 30.2 Å². The topological polar surface area (TPSA) is 53.4 Å². The fourth-order valence-electron chi connectivity index (χ4n) is 2.93. The van der Waals surface area contributed by atoms with Crippen molar-refractivity contribution >= 4 is 23.3 Å². The highest BCUT2D eigenvalue weighted by Gasteiger charge is 2.27. The number of benzene rings is 1. The fraction of sp³-hybridized carbons (Fsp3) is 0.333. The maximum absolute atomic E-state index is 13.0. The maximum Gasteiger partial charge on any atom is 0.246 e. The Morgan fingerprint density at radius 2 is 2.04 bits per heavy atom. The second kappa shape index (κ2) is 7.68. The van der Waals surface area contributed by atoms with Gasteiger partial charge in [0.2, 0.25) is 5.91 Å². The molecule has 4 nitrogen and oxygen atoms in total.